The smallest absolute Gasteiger partial charge is 0.392 e. The summed E-state index contributed by atoms with van der Waals surface area (Å²) in [4.78, 5) is 14.5. The Morgan fingerprint density at radius 2 is 1.87 bits per heavy atom. The normalized spacial score (nSPS) is 19.0. The monoisotopic (exact) mass is 430 g/mol. The summed E-state index contributed by atoms with van der Waals surface area (Å²) < 4.78 is 39.7. The Labute approximate surface area is 179 Å². The van der Waals surface area contributed by atoms with E-state index in [1.165, 1.54) is 18.2 Å². The molecule has 2 N–H and O–H groups in total. The van der Waals surface area contributed by atoms with Crippen LogP contribution in [0.4, 0.5) is 24.5 Å². The van der Waals surface area contributed by atoms with Crippen molar-refractivity contribution in [1.29, 1.82) is 0 Å². The number of nitrogens with one attached hydrogen (secondary N) is 1. The Kier molecular flexibility index (Phi) is 6.05. The van der Waals surface area contributed by atoms with Crippen molar-refractivity contribution in [2.75, 3.05) is 23.3 Å². The average Bonchev–Trinajstić information content (AvgIpc) is 3.13. The minimum absolute atomic E-state index is 0.362. The molecule has 31 heavy (non-hydrogen) atoms. The summed E-state index contributed by atoms with van der Waals surface area (Å²) in [6, 6.07) is 9.21. The molecule has 1 unspecified atom stereocenters. The summed E-state index contributed by atoms with van der Waals surface area (Å²) in [6.45, 7) is 1.40. The second-order valence-electron chi connectivity index (χ2n) is 8.15. The Morgan fingerprint density at radius 3 is 2.61 bits per heavy atom. The van der Waals surface area contributed by atoms with E-state index in [-0.39, 0.29) is 5.91 Å². The van der Waals surface area contributed by atoms with E-state index in [1.807, 2.05) is 17.0 Å². The maximum Gasteiger partial charge on any atom is 0.416 e. The van der Waals surface area contributed by atoms with Crippen molar-refractivity contribution in [1.82, 2.24) is 0 Å². The predicted octanol–water partition coefficient (Wildman–Crippen LogP) is 4.81. The van der Waals surface area contributed by atoms with E-state index in [0.29, 0.717) is 42.9 Å². The lowest BCUT2D eigenvalue weighted by atomic mass is 10.0. The average molecular weight is 430 g/mol. The summed E-state index contributed by atoms with van der Waals surface area (Å²) in [5, 5.41) is 12.7. The molecule has 2 aromatic carbocycles. The summed E-state index contributed by atoms with van der Waals surface area (Å²) in [7, 11) is 0. The van der Waals surface area contributed by atoms with Crippen LogP contribution >= 0.6 is 0 Å². The molecule has 0 saturated carbocycles. The van der Waals surface area contributed by atoms with Crippen molar-refractivity contribution >= 4 is 23.4 Å². The van der Waals surface area contributed by atoms with Crippen molar-refractivity contribution in [3.63, 3.8) is 0 Å². The second-order valence-corrected chi connectivity index (χ2v) is 8.15. The number of nitrogens with zero attached hydrogens (tertiary/aromatic N) is 1. The molecule has 7 heteroatoms. The topological polar surface area (TPSA) is 52.6 Å². The highest BCUT2D eigenvalue weighted by Crippen LogP contribution is 2.35. The van der Waals surface area contributed by atoms with E-state index in [1.54, 1.807) is 12.1 Å². The molecule has 2 aliphatic rings. The van der Waals surface area contributed by atoms with Crippen molar-refractivity contribution in [2.24, 2.45) is 0 Å². The third kappa shape index (κ3) is 4.93. The van der Waals surface area contributed by atoms with Crippen LogP contribution in [0.1, 0.15) is 41.5 Å². The minimum Gasteiger partial charge on any atom is -0.392 e. The number of rotatable bonds is 4. The van der Waals surface area contributed by atoms with E-state index in [0.717, 1.165) is 36.5 Å². The van der Waals surface area contributed by atoms with Gasteiger partial charge in [-0.25, -0.2) is 0 Å². The van der Waals surface area contributed by atoms with Gasteiger partial charge in [-0.3, -0.25) is 4.79 Å². The van der Waals surface area contributed by atoms with Crippen LogP contribution in [0.5, 0.6) is 0 Å². The van der Waals surface area contributed by atoms with Gasteiger partial charge in [-0.05, 0) is 66.6 Å². The number of benzene rings is 2. The zero-order chi connectivity index (χ0) is 22.0. The molecule has 1 fully saturated rings. The number of anilines is 2. The van der Waals surface area contributed by atoms with Crippen LogP contribution in [-0.2, 0) is 23.8 Å². The molecule has 4 rings (SSSR count). The van der Waals surface area contributed by atoms with Gasteiger partial charge in [0.15, 0.2) is 0 Å². The largest absolute Gasteiger partial charge is 0.416 e. The van der Waals surface area contributed by atoms with Gasteiger partial charge in [0, 0.05) is 37.0 Å². The highest BCUT2D eigenvalue weighted by atomic mass is 19.4. The summed E-state index contributed by atoms with van der Waals surface area (Å²) in [6.07, 6.45) is 2.06. The number of hydrogen-bond acceptors (Lipinski definition) is 3. The number of carbonyl (C=O) groups excluding carboxylic acids is 1. The fourth-order valence-corrected chi connectivity index (χ4v) is 4.36. The first-order valence-corrected chi connectivity index (χ1v) is 10.6. The Bertz CT molecular complexity index is 995. The molecule has 1 atom stereocenters. The van der Waals surface area contributed by atoms with Crippen molar-refractivity contribution in [2.45, 2.75) is 44.4 Å². The van der Waals surface area contributed by atoms with Crippen LogP contribution in [0.3, 0.4) is 0 Å². The maximum absolute atomic E-state index is 13.2. The quantitative estimate of drug-likeness (QED) is 0.685. The molecule has 164 valence electrons. The van der Waals surface area contributed by atoms with Crippen molar-refractivity contribution in [3.8, 4) is 0 Å². The molecule has 1 amide bonds. The standard InChI is InChI=1S/C24H25F3N2O2/c25-24(26,27)18-9-7-16(22(14-18)29-11-2-1-3-12-29)8-10-23(31)28-21-6-4-5-17-13-19(30)15-20(17)21/h4-10,14,19,30H,1-3,11-13,15H2,(H,28,31)/b10-8+. The number of halogens is 3. The second kappa shape index (κ2) is 8.75. The van der Waals surface area contributed by atoms with Gasteiger partial charge in [-0.1, -0.05) is 18.2 Å². The molecule has 2 aromatic rings. The molecule has 1 aliphatic heterocycles. The van der Waals surface area contributed by atoms with Crippen LogP contribution in [0, 0.1) is 0 Å². The summed E-state index contributed by atoms with van der Waals surface area (Å²) in [5.74, 6) is -0.362. The van der Waals surface area contributed by atoms with E-state index >= 15 is 0 Å². The maximum atomic E-state index is 13.2. The highest BCUT2D eigenvalue weighted by molar-refractivity contribution is 6.03. The Balaban J connectivity index is 1.55. The van der Waals surface area contributed by atoms with E-state index in [2.05, 4.69) is 5.32 Å². The minimum atomic E-state index is -4.41. The van der Waals surface area contributed by atoms with Gasteiger partial charge < -0.3 is 15.3 Å². The summed E-state index contributed by atoms with van der Waals surface area (Å²) in [5.41, 5.74) is 3.01. The summed E-state index contributed by atoms with van der Waals surface area (Å²) >= 11 is 0. The van der Waals surface area contributed by atoms with Gasteiger partial charge in [0.2, 0.25) is 5.91 Å². The Hall–Kier alpha value is -2.80. The van der Waals surface area contributed by atoms with E-state index < -0.39 is 17.8 Å². The van der Waals surface area contributed by atoms with E-state index in [9.17, 15) is 23.1 Å². The third-order valence-corrected chi connectivity index (χ3v) is 5.89. The van der Waals surface area contributed by atoms with Crippen LogP contribution in [-0.4, -0.2) is 30.2 Å². The van der Waals surface area contributed by atoms with Gasteiger partial charge in [0.25, 0.3) is 0 Å². The van der Waals surface area contributed by atoms with Gasteiger partial charge in [-0.15, -0.1) is 0 Å². The van der Waals surface area contributed by atoms with Gasteiger partial charge in [0.05, 0.1) is 11.7 Å². The van der Waals surface area contributed by atoms with Gasteiger partial charge >= 0.3 is 6.18 Å². The van der Waals surface area contributed by atoms with Crippen molar-refractivity contribution < 1.29 is 23.1 Å². The zero-order valence-corrected chi connectivity index (χ0v) is 17.1. The fraction of sp³-hybridized carbons (Fsp3) is 0.375. The molecule has 1 heterocycles. The molecule has 0 bridgehead atoms. The van der Waals surface area contributed by atoms with Gasteiger partial charge in [-0.2, -0.15) is 13.2 Å². The number of alkyl halides is 3. The van der Waals surface area contributed by atoms with Crippen molar-refractivity contribution in [3.05, 3.63) is 64.7 Å². The lowest BCUT2D eigenvalue weighted by Gasteiger charge is -2.30. The fourth-order valence-electron chi connectivity index (χ4n) is 4.36. The van der Waals surface area contributed by atoms with Gasteiger partial charge in [0.1, 0.15) is 0 Å². The molecule has 1 saturated heterocycles. The molecule has 0 spiro atoms. The molecule has 1 aliphatic carbocycles. The number of carbonyl (C=O) groups is 1. The van der Waals surface area contributed by atoms with Crippen LogP contribution in [0.2, 0.25) is 0 Å². The first-order valence-electron chi connectivity index (χ1n) is 10.6. The first-order chi connectivity index (χ1) is 14.8. The Morgan fingerprint density at radius 1 is 1.10 bits per heavy atom. The van der Waals surface area contributed by atoms with Crippen LogP contribution < -0.4 is 10.2 Å². The number of amides is 1. The zero-order valence-electron chi connectivity index (χ0n) is 17.1. The number of hydrogen-bond donors (Lipinski definition) is 2. The molecular formula is C24H25F3N2O2. The van der Waals surface area contributed by atoms with Crippen LogP contribution in [0.25, 0.3) is 6.08 Å². The number of piperidine rings is 1. The molecular weight excluding hydrogens is 405 g/mol. The third-order valence-electron chi connectivity index (χ3n) is 5.89. The highest BCUT2D eigenvalue weighted by Gasteiger charge is 2.31. The molecule has 4 nitrogen and oxygen atoms in total. The number of fused-ring (bicyclic) bond motifs is 1. The molecule has 0 aromatic heterocycles. The predicted molar refractivity (Wildman–Crippen MR) is 115 cm³/mol. The first kappa shape index (κ1) is 21.4. The number of aliphatic hydroxyl groups excluding tert-OH is 1. The van der Waals surface area contributed by atoms with Crippen LogP contribution in [0.15, 0.2) is 42.5 Å². The number of aliphatic hydroxyl groups is 1. The SMILES string of the molecule is O=C(/C=C/c1ccc(C(F)(F)F)cc1N1CCCCC1)Nc1cccc2c1CC(O)C2. The van der Waals surface area contributed by atoms with E-state index in [4.69, 9.17) is 0 Å². The molecule has 0 radical (unpaired) electrons. The lowest BCUT2D eigenvalue weighted by Crippen LogP contribution is -2.30. The lowest BCUT2D eigenvalue weighted by molar-refractivity contribution is -0.137.